The fraction of sp³-hybridized carbons (Fsp3) is 0.474. The van der Waals surface area contributed by atoms with E-state index in [0.717, 1.165) is 16.2 Å². The molecule has 1 unspecified atom stereocenters. The number of carbonyl (C=O) groups excluding carboxylic acids is 3. The average molecular weight is 498 g/mol. The maximum absolute atomic E-state index is 12.8. The minimum atomic E-state index is -1.32. The predicted molar refractivity (Wildman–Crippen MR) is 120 cm³/mol. The second-order valence-corrected chi connectivity index (χ2v) is 10.1. The van der Waals surface area contributed by atoms with Gasteiger partial charge in [-0.3, -0.25) is 19.3 Å². The number of carboxylic acid groups (broad SMARTS) is 1. The van der Waals surface area contributed by atoms with Gasteiger partial charge in [-0.15, -0.1) is 23.1 Å². The standard InChI is InChI=1S/C19H23N5O7S2/c1-19(2,3)17(29)31-5-8-6-32-15-11(14(26)24(15)12(8)16(27)28)22-13(25)10(23-30-4)9-7-33-18(20)21-9/h7,11,15H,5-6H2,1-4H3,(H2,20,21)(H,22,25)(H,27,28)/t11?,15-/m1/s1. The Morgan fingerprint density at radius 2 is 2.09 bits per heavy atom. The maximum Gasteiger partial charge on any atom is 0.352 e. The van der Waals surface area contributed by atoms with Gasteiger partial charge in [0.2, 0.25) is 0 Å². The first-order valence-corrected chi connectivity index (χ1v) is 11.6. The number of carbonyl (C=O) groups is 4. The third kappa shape index (κ3) is 4.95. The number of thiazole rings is 1. The van der Waals surface area contributed by atoms with E-state index in [4.69, 9.17) is 15.3 Å². The largest absolute Gasteiger partial charge is 0.477 e. The molecule has 3 rings (SSSR count). The molecule has 2 atom stereocenters. The quantitative estimate of drug-likeness (QED) is 0.207. The number of thioether (sulfide) groups is 1. The van der Waals surface area contributed by atoms with Crippen molar-refractivity contribution < 1.29 is 33.9 Å². The van der Waals surface area contributed by atoms with Gasteiger partial charge in [0, 0.05) is 16.7 Å². The summed E-state index contributed by atoms with van der Waals surface area (Å²) in [4.78, 5) is 59.3. The Morgan fingerprint density at radius 3 is 2.64 bits per heavy atom. The second kappa shape index (κ2) is 9.39. The lowest BCUT2D eigenvalue weighted by molar-refractivity contribution is -0.153. The number of oxime groups is 1. The molecule has 4 N–H and O–H groups in total. The number of anilines is 1. The van der Waals surface area contributed by atoms with Crippen molar-refractivity contribution in [2.75, 3.05) is 25.2 Å². The van der Waals surface area contributed by atoms with Crippen LogP contribution in [0.3, 0.4) is 0 Å². The van der Waals surface area contributed by atoms with E-state index in [1.165, 1.54) is 24.3 Å². The second-order valence-electron chi connectivity index (χ2n) is 8.14. The molecule has 0 aromatic carbocycles. The number of carboxylic acids is 1. The topological polar surface area (TPSA) is 174 Å². The van der Waals surface area contributed by atoms with Crippen LogP contribution >= 0.6 is 23.1 Å². The number of nitrogen functional groups attached to an aromatic ring is 1. The summed E-state index contributed by atoms with van der Waals surface area (Å²) in [6.07, 6.45) is 0. The molecule has 178 valence electrons. The molecule has 33 heavy (non-hydrogen) atoms. The summed E-state index contributed by atoms with van der Waals surface area (Å²) in [5.74, 6) is -2.92. The Hall–Kier alpha value is -3.13. The molecule has 0 aliphatic carbocycles. The Kier molecular flexibility index (Phi) is 6.97. The Morgan fingerprint density at radius 1 is 1.39 bits per heavy atom. The minimum absolute atomic E-state index is 0.165. The highest BCUT2D eigenvalue weighted by Crippen LogP contribution is 2.40. The van der Waals surface area contributed by atoms with Crippen LogP contribution in [0.4, 0.5) is 5.13 Å². The number of hydrogen-bond acceptors (Lipinski definition) is 11. The normalized spacial score (nSPS) is 20.7. The summed E-state index contributed by atoms with van der Waals surface area (Å²) in [7, 11) is 1.26. The van der Waals surface area contributed by atoms with Gasteiger partial charge in [0.05, 0.1) is 5.41 Å². The smallest absolute Gasteiger partial charge is 0.352 e. The van der Waals surface area contributed by atoms with Crippen LogP contribution in [0.15, 0.2) is 21.8 Å². The number of aliphatic carboxylic acids is 1. The average Bonchev–Trinajstić information content (AvgIpc) is 3.17. The van der Waals surface area contributed by atoms with E-state index < -0.39 is 40.6 Å². The molecule has 1 saturated heterocycles. The van der Waals surface area contributed by atoms with E-state index in [-0.39, 0.29) is 34.6 Å². The third-order valence-corrected chi connectivity index (χ3v) is 6.70. The molecule has 3 heterocycles. The van der Waals surface area contributed by atoms with Crippen LogP contribution in [-0.2, 0) is 28.8 Å². The molecule has 1 aromatic heterocycles. The zero-order valence-electron chi connectivity index (χ0n) is 18.3. The first-order valence-electron chi connectivity index (χ1n) is 9.66. The van der Waals surface area contributed by atoms with Gasteiger partial charge in [-0.25, -0.2) is 9.78 Å². The number of aromatic nitrogens is 1. The SMILES string of the molecule is CON=C(C(=O)NC1C(=O)N2C(C(=O)O)=C(COC(=O)C(C)(C)C)CS[C@H]12)c1csc(N)n1. The van der Waals surface area contributed by atoms with Crippen molar-refractivity contribution in [3.05, 3.63) is 22.3 Å². The van der Waals surface area contributed by atoms with E-state index in [9.17, 15) is 24.3 Å². The van der Waals surface area contributed by atoms with Gasteiger partial charge >= 0.3 is 11.9 Å². The number of esters is 1. The minimum Gasteiger partial charge on any atom is -0.477 e. The van der Waals surface area contributed by atoms with E-state index in [0.29, 0.717) is 5.57 Å². The van der Waals surface area contributed by atoms with Crippen molar-refractivity contribution in [3.8, 4) is 0 Å². The Balaban J connectivity index is 1.75. The molecule has 0 spiro atoms. The zero-order chi connectivity index (χ0) is 24.5. The van der Waals surface area contributed by atoms with Gasteiger partial charge in [-0.1, -0.05) is 5.16 Å². The molecule has 2 aliphatic rings. The van der Waals surface area contributed by atoms with Crippen molar-refractivity contribution >= 4 is 57.7 Å². The van der Waals surface area contributed by atoms with Crippen LogP contribution in [0.2, 0.25) is 0 Å². The van der Waals surface area contributed by atoms with Crippen molar-refractivity contribution in [2.45, 2.75) is 32.2 Å². The fourth-order valence-electron chi connectivity index (χ4n) is 3.07. The summed E-state index contributed by atoms with van der Waals surface area (Å²) >= 11 is 2.36. The summed E-state index contributed by atoms with van der Waals surface area (Å²) in [6.45, 7) is 4.80. The first kappa shape index (κ1) is 24.5. The van der Waals surface area contributed by atoms with E-state index in [1.807, 2.05) is 0 Å². The number of ether oxygens (including phenoxy) is 1. The molecule has 0 saturated carbocycles. The van der Waals surface area contributed by atoms with Crippen LogP contribution in [0.1, 0.15) is 26.5 Å². The molecule has 0 radical (unpaired) electrons. The van der Waals surface area contributed by atoms with E-state index >= 15 is 0 Å². The maximum atomic E-state index is 12.8. The molecule has 12 nitrogen and oxygen atoms in total. The lowest BCUT2D eigenvalue weighted by Gasteiger charge is -2.49. The summed E-state index contributed by atoms with van der Waals surface area (Å²) in [5, 5.41) is 17.1. The number of hydrogen-bond donors (Lipinski definition) is 3. The van der Waals surface area contributed by atoms with E-state index in [2.05, 4.69) is 15.5 Å². The Labute approximate surface area is 197 Å². The number of nitrogens with one attached hydrogen (secondary N) is 1. The molecule has 2 aliphatic heterocycles. The third-order valence-electron chi connectivity index (χ3n) is 4.69. The number of nitrogens with two attached hydrogens (primary N) is 1. The highest BCUT2D eigenvalue weighted by atomic mass is 32.2. The molecule has 14 heteroatoms. The predicted octanol–water partition coefficient (Wildman–Crippen LogP) is 0.404. The number of amides is 2. The lowest BCUT2D eigenvalue weighted by atomic mass is 9.97. The summed E-state index contributed by atoms with van der Waals surface area (Å²) in [6, 6.07) is -0.978. The van der Waals surface area contributed by atoms with Gasteiger partial charge in [0.15, 0.2) is 10.8 Å². The van der Waals surface area contributed by atoms with Gasteiger partial charge in [-0.2, -0.15) is 0 Å². The monoisotopic (exact) mass is 497 g/mol. The summed E-state index contributed by atoms with van der Waals surface area (Å²) < 4.78 is 5.24. The van der Waals surface area contributed by atoms with E-state index in [1.54, 1.807) is 20.8 Å². The highest BCUT2D eigenvalue weighted by molar-refractivity contribution is 8.00. The van der Waals surface area contributed by atoms with Crippen molar-refractivity contribution in [1.82, 2.24) is 15.2 Å². The molecule has 1 fully saturated rings. The van der Waals surface area contributed by atoms with Crippen molar-refractivity contribution in [2.24, 2.45) is 10.6 Å². The van der Waals surface area contributed by atoms with Gasteiger partial charge in [0.25, 0.3) is 11.8 Å². The van der Waals surface area contributed by atoms with Crippen LogP contribution in [0, 0.1) is 5.41 Å². The first-order chi connectivity index (χ1) is 15.5. The Bertz CT molecular complexity index is 1060. The summed E-state index contributed by atoms with van der Waals surface area (Å²) in [5.41, 5.74) is 4.94. The number of fused-ring (bicyclic) bond motifs is 1. The number of rotatable bonds is 7. The van der Waals surface area contributed by atoms with Crippen LogP contribution in [0.5, 0.6) is 0 Å². The molecular weight excluding hydrogens is 474 g/mol. The molecule has 1 aromatic rings. The number of β-lactam (4-membered cyclic amide) rings is 1. The van der Waals surface area contributed by atoms with Crippen molar-refractivity contribution in [1.29, 1.82) is 0 Å². The lowest BCUT2D eigenvalue weighted by Crippen LogP contribution is -2.71. The molecule has 2 amide bonds. The van der Waals surface area contributed by atoms with Gasteiger partial charge < -0.3 is 25.7 Å². The molecular formula is C19H23N5O7S2. The van der Waals surface area contributed by atoms with Crippen molar-refractivity contribution in [3.63, 3.8) is 0 Å². The van der Waals surface area contributed by atoms with Crippen LogP contribution in [0.25, 0.3) is 0 Å². The van der Waals surface area contributed by atoms with Crippen LogP contribution in [-0.4, -0.2) is 75.3 Å². The van der Waals surface area contributed by atoms with Gasteiger partial charge in [-0.05, 0) is 20.8 Å². The number of nitrogens with zero attached hydrogens (tertiary/aromatic N) is 3. The van der Waals surface area contributed by atoms with Crippen LogP contribution < -0.4 is 11.1 Å². The highest BCUT2D eigenvalue weighted by Gasteiger charge is 2.54. The zero-order valence-corrected chi connectivity index (χ0v) is 19.9. The van der Waals surface area contributed by atoms with Gasteiger partial charge in [0.1, 0.15) is 36.5 Å². The fourth-order valence-corrected chi connectivity index (χ4v) is 4.94. The molecule has 0 bridgehead atoms.